The van der Waals surface area contributed by atoms with Gasteiger partial charge in [0.25, 0.3) is 5.91 Å². The fourth-order valence-corrected chi connectivity index (χ4v) is 2.39. The van der Waals surface area contributed by atoms with Crippen molar-refractivity contribution in [2.45, 2.75) is 25.8 Å². The Hall–Kier alpha value is -1.33. The van der Waals surface area contributed by atoms with Gasteiger partial charge in [0, 0.05) is 32.4 Å². The number of anilines is 1. The van der Waals surface area contributed by atoms with Crippen LogP contribution in [0, 0.1) is 0 Å². The molecule has 1 amide bonds. The largest absolute Gasteiger partial charge is 0.373 e. The highest BCUT2D eigenvalue weighted by molar-refractivity contribution is 6.33. The van der Waals surface area contributed by atoms with Gasteiger partial charge in [0.2, 0.25) is 0 Å². The number of amides is 1. The maximum Gasteiger partial charge on any atom is 0.253 e. The Morgan fingerprint density at radius 1 is 1.55 bits per heavy atom. The van der Waals surface area contributed by atoms with Crippen LogP contribution in [0.4, 0.5) is 5.82 Å². The van der Waals surface area contributed by atoms with Crippen molar-refractivity contribution in [2.24, 2.45) is 0 Å². The molecule has 110 valence electrons. The number of carbonyl (C=O) groups is 1. The van der Waals surface area contributed by atoms with Gasteiger partial charge in [0.05, 0.1) is 10.6 Å². The molecule has 0 unspecified atom stereocenters. The topological polar surface area (TPSA) is 57.3 Å². The first kappa shape index (κ1) is 15.1. The molecule has 0 atom stereocenters. The summed E-state index contributed by atoms with van der Waals surface area (Å²) in [6.07, 6.45) is 4.05. The predicted octanol–water partition coefficient (Wildman–Crippen LogP) is 1.99. The zero-order valence-electron chi connectivity index (χ0n) is 11.9. The second kappa shape index (κ2) is 6.90. The van der Waals surface area contributed by atoms with E-state index >= 15 is 0 Å². The van der Waals surface area contributed by atoms with Crippen LogP contribution in [0.25, 0.3) is 0 Å². The van der Waals surface area contributed by atoms with Gasteiger partial charge in [0.1, 0.15) is 5.82 Å². The summed E-state index contributed by atoms with van der Waals surface area (Å²) < 4.78 is 0. The molecule has 1 aromatic heterocycles. The van der Waals surface area contributed by atoms with Gasteiger partial charge in [-0.15, -0.1) is 0 Å². The van der Waals surface area contributed by atoms with E-state index in [2.05, 4.69) is 27.4 Å². The van der Waals surface area contributed by atoms with Crippen molar-refractivity contribution in [1.82, 2.24) is 15.2 Å². The third kappa shape index (κ3) is 3.84. The van der Waals surface area contributed by atoms with E-state index in [9.17, 15) is 4.79 Å². The van der Waals surface area contributed by atoms with E-state index in [0.717, 1.165) is 19.1 Å². The lowest BCUT2D eigenvalue weighted by Gasteiger charge is -2.19. The molecule has 0 spiro atoms. The summed E-state index contributed by atoms with van der Waals surface area (Å²) in [7, 11) is 1.76. The molecule has 2 N–H and O–H groups in total. The van der Waals surface area contributed by atoms with Crippen LogP contribution in [0.3, 0.4) is 0 Å². The third-order valence-corrected chi connectivity index (χ3v) is 3.81. The Labute approximate surface area is 124 Å². The highest BCUT2D eigenvalue weighted by Gasteiger charge is 2.27. The number of rotatable bonds is 7. The highest BCUT2D eigenvalue weighted by Crippen LogP contribution is 2.25. The van der Waals surface area contributed by atoms with E-state index < -0.39 is 0 Å². The van der Waals surface area contributed by atoms with Gasteiger partial charge in [-0.05, 0) is 25.5 Å². The van der Waals surface area contributed by atoms with Crippen molar-refractivity contribution in [3.63, 3.8) is 0 Å². The van der Waals surface area contributed by atoms with E-state index in [1.807, 2.05) is 0 Å². The molecule has 0 saturated heterocycles. The fourth-order valence-electron chi connectivity index (χ4n) is 2.20. The van der Waals surface area contributed by atoms with Crippen LogP contribution in [-0.4, -0.2) is 48.5 Å². The average molecular weight is 297 g/mol. The van der Waals surface area contributed by atoms with E-state index in [4.69, 9.17) is 11.6 Å². The van der Waals surface area contributed by atoms with Gasteiger partial charge in [-0.1, -0.05) is 18.5 Å². The second-order valence-corrected chi connectivity index (χ2v) is 5.32. The molecule has 0 aliphatic heterocycles. The molecule has 6 heteroatoms. The van der Waals surface area contributed by atoms with Gasteiger partial charge in [-0.25, -0.2) is 4.98 Å². The van der Waals surface area contributed by atoms with Crippen molar-refractivity contribution >= 4 is 23.3 Å². The lowest BCUT2D eigenvalue weighted by Crippen LogP contribution is -2.36. The first-order valence-corrected chi connectivity index (χ1v) is 7.39. The smallest absolute Gasteiger partial charge is 0.253 e. The Morgan fingerprint density at radius 2 is 2.30 bits per heavy atom. The summed E-state index contributed by atoms with van der Waals surface area (Å²) in [5.41, 5.74) is 0.459. The maximum atomic E-state index is 12.1. The van der Waals surface area contributed by atoms with E-state index in [1.165, 1.54) is 19.0 Å². The molecule has 1 saturated carbocycles. The first-order chi connectivity index (χ1) is 9.65. The quantitative estimate of drug-likeness (QED) is 0.808. The van der Waals surface area contributed by atoms with Crippen LogP contribution in [-0.2, 0) is 0 Å². The van der Waals surface area contributed by atoms with Crippen LogP contribution < -0.4 is 10.6 Å². The standard InChI is InChI=1S/C14H21ClN4O/c1-3-19(10-4-5-10)7-6-17-14(20)11-8-13(16-2)18-9-12(11)15/h8-10H,3-7H2,1-2H3,(H,16,18)(H,17,20). The summed E-state index contributed by atoms with van der Waals surface area (Å²) in [4.78, 5) is 18.6. The lowest BCUT2D eigenvalue weighted by molar-refractivity contribution is 0.0948. The summed E-state index contributed by atoms with van der Waals surface area (Å²) in [6, 6.07) is 2.38. The Bertz CT molecular complexity index is 476. The van der Waals surface area contributed by atoms with Crippen molar-refractivity contribution in [2.75, 3.05) is 32.0 Å². The van der Waals surface area contributed by atoms with Gasteiger partial charge in [-0.2, -0.15) is 0 Å². The number of nitrogens with one attached hydrogen (secondary N) is 2. The summed E-state index contributed by atoms with van der Waals surface area (Å²) in [5.74, 6) is 0.480. The third-order valence-electron chi connectivity index (χ3n) is 3.51. The molecule has 2 rings (SSSR count). The number of hydrogen-bond donors (Lipinski definition) is 2. The molecule has 1 heterocycles. The van der Waals surface area contributed by atoms with Crippen LogP contribution in [0.2, 0.25) is 5.02 Å². The number of halogens is 1. The summed E-state index contributed by atoms with van der Waals surface area (Å²) in [5, 5.41) is 6.19. The van der Waals surface area contributed by atoms with Gasteiger partial charge >= 0.3 is 0 Å². The molecular formula is C14H21ClN4O. The van der Waals surface area contributed by atoms with E-state index in [0.29, 0.717) is 22.9 Å². The molecule has 0 radical (unpaired) electrons. The molecule has 1 aliphatic carbocycles. The van der Waals surface area contributed by atoms with Crippen LogP contribution in [0.5, 0.6) is 0 Å². The van der Waals surface area contributed by atoms with E-state index in [1.54, 1.807) is 13.1 Å². The molecule has 5 nitrogen and oxygen atoms in total. The molecule has 20 heavy (non-hydrogen) atoms. The minimum Gasteiger partial charge on any atom is -0.373 e. The van der Waals surface area contributed by atoms with Gasteiger partial charge in [0.15, 0.2) is 0 Å². The number of likely N-dealkylation sites (N-methyl/N-ethyl adjacent to an activating group) is 1. The van der Waals surface area contributed by atoms with Crippen LogP contribution in [0.1, 0.15) is 30.1 Å². The maximum absolute atomic E-state index is 12.1. The predicted molar refractivity (Wildman–Crippen MR) is 81.4 cm³/mol. The van der Waals surface area contributed by atoms with Crippen LogP contribution in [0.15, 0.2) is 12.3 Å². The Kier molecular flexibility index (Phi) is 5.20. The molecule has 1 fully saturated rings. The van der Waals surface area contributed by atoms with E-state index in [-0.39, 0.29) is 5.91 Å². The number of pyridine rings is 1. The molecule has 0 bridgehead atoms. The Morgan fingerprint density at radius 3 is 2.90 bits per heavy atom. The molecule has 1 aromatic rings. The summed E-state index contributed by atoms with van der Waals surface area (Å²) in [6.45, 7) is 4.70. The van der Waals surface area contributed by atoms with Crippen molar-refractivity contribution in [3.8, 4) is 0 Å². The minimum atomic E-state index is -0.152. The first-order valence-electron chi connectivity index (χ1n) is 7.01. The van der Waals surface area contributed by atoms with Crippen LogP contribution >= 0.6 is 11.6 Å². The lowest BCUT2D eigenvalue weighted by atomic mass is 10.2. The molecule has 0 aromatic carbocycles. The van der Waals surface area contributed by atoms with Crippen molar-refractivity contribution in [1.29, 1.82) is 0 Å². The molecule has 1 aliphatic rings. The molecular weight excluding hydrogens is 276 g/mol. The highest BCUT2D eigenvalue weighted by atomic mass is 35.5. The average Bonchev–Trinajstić information content (AvgIpc) is 3.28. The number of aromatic nitrogens is 1. The van der Waals surface area contributed by atoms with Gasteiger partial charge in [-0.3, -0.25) is 9.69 Å². The zero-order chi connectivity index (χ0) is 14.5. The summed E-state index contributed by atoms with van der Waals surface area (Å²) >= 11 is 6.02. The number of nitrogens with zero attached hydrogens (tertiary/aromatic N) is 2. The van der Waals surface area contributed by atoms with Gasteiger partial charge < -0.3 is 10.6 Å². The zero-order valence-corrected chi connectivity index (χ0v) is 12.7. The second-order valence-electron chi connectivity index (χ2n) is 4.92. The van der Waals surface area contributed by atoms with Crippen molar-refractivity contribution in [3.05, 3.63) is 22.8 Å². The normalized spacial score (nSPS) is 14.4. The number of carbonyl (C=O) groups excluding carboxylic acids is 1. The monoisotopic (exact) mass is 296 g/mol. The number of hydrogen-bond acceptors (Lipinski definition) is 4. The minimum absolute atomic E-state index is 0.152. The fraction of sp³-hybridized carbons (Fsp3) is 0.571. The Balaban J connectivity index is 1.87. The SMILES string of the molecule is CCN(CCNC(=O)c1cc(NC)ncc1Cl)C1CC1. The van der Waals surface area contributed by atoms with Crippen molar-refractivity contribution < 1.29 is 4.79 Å².